The molecule has 1 aliphatic rings. The Hall–Kier alpha value is -2.90. The van der Waals surface area contributed by atoms with Gasteiger partial charge in [-0.3, -0.25) is 14.9 Å². The van der Waals surface area contributed by atoms with Crippen molar-refractivity contribution < 1.29 is 18.8 Å². The van der Waals surface area contributed by atoms with Crippen LogP contribution >= 0.6 is 0 Å². The van der Waals surface area contributed by atoms with Crippen LogP contribution in [0.2, 0.25) is 0 Å². The lowest BCUT2D eigenvalue weighted by atomic mass is 9.87. The van der Waals surface area contributed by atoms with E-state index in [0.717, 1.165) is 16.0 Å². The van der Waals surface area contributed by atoms with Crippen LogP contribution in [0.25, 0.3) is 11.1 Å². The smallest absolute Gasteiger partial charge is 0.325 e. The van der Waals surface area contributed by atoms with Crippen LogP contribution in [0.1, 0.15) is 32.2 Å². The standard InChI is InChI=1S/C17H20N4O4/c1-17(2,3)10-4-5-12-11(6-10)19-15(25-12)7-18-13(22)8-21-9-14(23)20-16(21)24/h4-6H,7-9H2,1-3H3,(H,18,22)(H,20,23,24). The fraction of sp³-hybridized carbons (Fsp3) is 0.412. The summed E-state index contributed by atoms with van der Waals surface area (Å²) in [5.41, 5.74) is 2.55. The summed E-state index contributed by atoms with van der Waals surface area (Å²) in [4.78, 5) is 39.9. The van der Waals surface area contributed by atoms with Crippen molar-refractivity contribution in [2.75, 3.05) is 13.1 Å². The second-order valence-corrected chi connectivity index (χ2v) is 7.03. The van der Waals surface area contributed by atoms with Gasteiger partial charge in [0, 0.05) is 0 Å². The topological polar surface area (TPSA) is 105 Å². The van der Waals surface area contributed by atoms with Gasteiger partial charge in [0.25, 0.3) is 0 Å². The summed E-state index contributed by atoms with van der Waals surface area (Å²) in [7, 11) is 0. The summed E-state index contributed by atoms with van der Waals surface area (Å²) in [6.07, 6.45) is 0. The first-order valence-corrected chi connectivity index (χ1v) is 7.98. The Balaban J connectivity index is 1.62. The van der Waals surface area contributed by atoms with Crippen LogP contribution in [0.15, 0.2) is 22.6 Å². The van der Waals surface area contributed by atoms with Crippen molar-refractivity contribution in [1.29, 1.82) is 0 Å². The van der Waals surface area contributed by atoms with E-state index in [1.807, 2.05) is 18.2 Å². The number of carbonyl (C=O) groups is 3. The van der Waals surface area contributed by atoms with Gasteiger partial charge < -0.3 is 14.6 Å². The highest BCUT2D eigenvalue weighted by Gasteiger charge is 2.28. The zero-order valence-corrected chi connectivity index (χ0v) is 14.4. The summed E-state index contributed by atoms with van der Waals surface area (Å²) < 4.78 is 5.62. The summed E-state index contributed by atoms with van der Waals surface area (Å²) in [5, 5.41) is 4.76. The third-order valence-corrected chi connectivity index (χ3v) is 3.94. The van der Waals surface area contributed by atoms with Crippen LogP contribution in [0.3, 0.4) is 0 Å². The number of imide groups is 1. The second kappa shape index (κ2) is 6.19. The molecule has 2 N–H and O–H groups in total. The van der Waals surface area contributed by atoms with Gasteiger partial charge in [-0.25, -0.2) is 9.78 Å². The van der Waals surface area contributed by atoms with Gasteiger partial charge in [0.15, 0.2) is 5.58 Å². The van der Waals surface area contributed by atoms with Gasteiger partial charge in [-0.15, -0.1) is 0 Å². The summed E-state index contributed by atoms with van der Waals surface area (Å²) in [5.74, 6) is -0.412. The summed E-state index contributed by atoms with van der Waals surface area (Å²) in [6.45, 7) is 6.18. The van der Waals surface area contributed by atoms with Gasteiger partial charge in [0.2, 0.25) is 17.7 Å². The average molecular weight is 344 g/mol. The first-order valence-electron chi connectivity index (χ1n) is 7.98. The van der Waals surface area contributed by atoms with E-state index in [1.54, 1.807) is 0 Å². The number of hydrogen-bond acceptors (Lipinski definition) is 5. The van der Waals surface area contributed by atoms with Crippen molar-refractivity contribution in [2.24, 2.45) is 0 Å². The van der Waals surface area contributed by atoms with Gasteiger partial charge >= 0.3 is 6.03 Å². The molecular weight excluding hydrogens is 324 g/mol. The van der Waals surface area contributed by atoms with E-state index in [2.05, 4.69) is 36.4 Å². The van der Waals surface area contributed by atoms with Gasteiger partial charge in [0.05, 0.1) is 6.54 Å². The normalized spacial score (nSPS) is 14.9. The molecule has 8 heteroatoms. The zero-order chi connectivity index (χ0) is 18.2. The van der Waals surface area contributed by atoms with Crippen molar-refractivity contribution in [3.63, 3.8) is 0 Å². The molecule has 0 unspecified atom stereocenters. The number of urea groups is 1. The SMILES string of the molecule is CC(C)(C)c1ccc2oc(CNC(=O)CN3CC(=O)NC3=O)nc2c1. The monoisotopic (exact) mass is 344 g/mol. The quantitative estimate of drug-likeness (QED) is 0.813. The van der Waals surface area contributed by atoms with Gasteiger partial charge in [-0.1, -0.05) is 26.8 Å². The van der Waals surface area contributed by atoms with Crippen LogP contribution in [0, 0.1) is 0 Å². The van der Waals surface area contributed by atoms with Crippen molar-refractivity contribution >= 4 is 28.9 Å². The third kappa shape index (κ3) is 3.78. The maximum absolute atomic E-state index is 11.9. The molecule has 25 heavy (non-hydrogen) atoms. The van der Waals surface area contributed by atoms with Crippen molar-refractivity contribution in [2.45, 2.75) is 32.7 Å². The van der Waals surface area contributed by atoms with Crippen LogP contribution in [-0.2, 0) is 21.5 Å². The van der Waals surface area contributed by atoms with Crippen LogP contribution < -0.4 is 10.6 Å². The lowest BCUT2D eigenvalue weighted by molar-refractivity contribution is -0.122. The molecule has 0 radical (unpaired) electrons. The molecule has 8 nitrogen and oxygen atoms in total. The van der Waals surface area contributed by atoms with Gasteiger partial charge in [-0.2, -0.15) is 0 Å². The molecule has 0 atom stereocenters. The Bertz CT molecular complexity index is 850. The Labute approximate surface area is 144 Å². The molecular formula is C17H20N4O4. The molecule has 4 amide bonds. The number of hydrogen-bond donors (Lipinski definition) is 2. The highest BCUT2D eigenvalue weighted by atomic mass is 16.3. The lowest BCUT2D eigenvalue weighted by Gasteiger charge is -2.18. The highest BCUT2D eigenvalue weighted by Crippen LogP contribution is 2.26. The van der Waals surface area contributed by atoms with E-state index >= 15 is 0 Å². The maximum Gasteiger partial charge on any atom is 0.325 e. The van der Waals surface area contributed by atoms with Crippen molar-refractivity contribution in [3.05, 3.63) is 29.7 Å². The van der Waals surface area contributed by atoms with Gasteiger partial charge in [-0.05, 0) is 23.1 Å². The molecule has 1 fully saturated rings. The predicted molar refractivity (Wildman–Crippen MR) is 89.7 cm³/mol. The fourth-order valence-electron chi connectivity index (χ4n) is 2.53. The number of nitrogens with zero attached hydrogens (tertiary/aromatic N) is 2. The lowest BCUT2D eigenvalue weighted by Crippen LogP contribution is -2.38. The molecule has 1 aromatic carbocycles. The minimum absolute atomic E-state index is 0.00918. The zero-order valence-electron chi connectivity index (χ0n) is 14.4. The third-order valence-electron chi connectivity index (χ3n) is 3.94. The number of fused-ring (bicyclic) bond motifs is 1. The number of amides is 4. The molecule has 0 spiro atoms. The first kappa shape index (κ1) is 16.9. The van der Waals surface area contributed by atoms with Crippen LogP contribution in [0.4, 0.5) is 4.79 Å². The molecule has 1 aromatic heterocycles. The van der Waals surface area contributed by atoms with E-state index in [-0.39, 0.29) is 31.0 Å². The Morgan fingerprint density at radius 3 is 2.76 bits per heavy atom. The molecule has 1 aliphatic heterocycles. The molecule has 2 aromatic rings. The van der Waals surface area contributed by atoms with Gasteiger partial charge in [0.1, 0.15) is 18.6 Å². The first-order chi connectivity index (χ1) is 11.7. The Morgan fingerprint density at radius 2 is 2.12 bits per heavy atom. The Kier molecular flexibility index (Phi) is 4.20. The number of benzene rings is 1. The number of aromatic nitrogens is 1. The molecule has 0 aliphatic carbocycles. The predicted octanol–water partition coefficient (Wildman–Crippen LogP) is 1.29. The molecule has 0 saturated carbocycles. The van der Waals surface area contributed by atoms with E-state index in [4.69, 9.17) is 4.42 Å². The Morgan fingerprint density at radius 1 is 1.36 bits per heavy atom. The number of oxazole rings is 1. The minimum atomic E-state index is -0.559. The van der Waals surface area contributed by atoms with Crippen LogP contribution in [-0.4, -0.2) is 40.8 Å². The highest BCUT2D eigenvalue weighted by molar-refractivity contribution is 6.03. The molecule has 0 bridgehead atoms. The molecule has 1 saturated heterocycles. The van der Waals surface area contributed by atoms with E-state index in [1.165, 1.54) is 0 Å². The second-order valence-electron chi connectivity index (χ2n) is 7.03. The van der Waals surface area contributed by atoms with Crippen LogP contribution in [0.5, 0.6) is 0 Å². The van der Waals surface area contributed by atoms with Crippen molar-refractivity contribution in [3.8, 4) is 0 Å². The fourth-order valence-corrected chi connectivity index (χ4v) is 2.53. The summed E-state index contributed by atoms with van der Waals surface area (Å²) >= 11 is 0. The van der Waals surface area contributed by atoms with E-state index < -0.39 is 11.9 Å². The number of nitrogens with one attached hydrogen (secondary N) is 2. The van der Waals surface area contributed by atoms with E-state index in [0.29, 0.717) is 11.5 Å². The van der Waals surface area contributed by atoms with Crippen molar-refractivity contribution in [1.82, 2.24) is 20.5 Å². The largest absolute Gasteiger partial charge is 0.439 e. The maximum atomic E-state index is 11.9. The molecule has 2 heterocycles. The number of carbonyl (C=O) groups excluding carboxylic acids is 3. The molecule has 3 rings (SSSR count). The minimum Gasteiger partial charge on any atom is -0.439 e. The average Bonchev–Trinajstić information content (AvgIpc) is 3.06. The number of rotatable bonds is 4. The summed E-state index contributed by atoms with van der Waals surface area (Å²) in [6, 6.07) is 5.29. The molecule has 132 valence electrons. The van der Waals surface area contributed by atoms with E-state index in [9.17, 15) is 14.4 Å².